The number of nitrogens with two attached hydrogens (primary N) is 1. The van der Waals surface area contributed by atoms with Gasteiger partial charge in [-0.15, -0.1) is 0 Å². The summed E-state index contributed by atoms with van der Waals surface area (Å²) >= 11 is 6.03. The zero-order valence-corrected chi connectivity index (χ0v) is 12.2. The summed E-state index contributed by atoms with van der Waals surface area (Å²) in [5.74, 6) is -1.45. The monoisotopic (exact) mass is 335 g/mol. The first kappa shape index (κ1) is 15.0. The minimum atomic E-state index is -0.974. The Kier molecular flexibility index (Phi) is 3.50. The van der Waals surface area contributed by atoms with Crippen LogP contribution < -0.4 is 15.8 Å². The number of pyridine rings is 1. The summed E-state index contributed by atoms with van der Waals surface area (Å²) in [4.78, 5) is 15.5. The van der Waals surface area contributed by atoms with Crippen molar-refractivity contribution < 1.29 is 13.6 Å². The zero-order chi connectivity index (χ0) is 16.7. The lowest BCUT2D eigenvalue weighted by molar-refractivity contribution is 0.253. The van der Waals surface area contributed by atoms with Crippen LogP contribution in [0.2, 0.25) is 5.02 Å². The van der Waals surface area contributed by atoms with E-state index in [0.29, 0.717) is 5.56 Å². The third-order valence-corrected chi connectivity index (χ3v) is 3.63. The molecule has 0 unspecified atom stereocenters. The van der Waals surface area contributed by atoms with Crippen LogP contribution in [0, 0.1) is 23.0 Å². The number of hydrogen-bond donors (Lipinski definition) is 1. The molecule has 0 fully saturated rings. The third kappa shape index (κ3) is 2.31. The molecule has 1 aliphatic heterocycles. The van der Waals surface area contributed by atoms with Crippen LogP contribution in [-0.4, -0.2) is 11.0 Å². The Morgan fingerprint density at radius 2 is 2.09 bits per heavy atom. The average Bonchev–Trinajstić information content (AvgIpc) is 2.86. The number of carbonyl (C=O) groups excluding carboxylic acids is 1. The molecule has 9 heteroatoms. The van der Waals surface area contributed by atoms with Gasteiger partial charge in [0.2, 0.25) is 0 Å². The SMILES string of the molecule is N#Cc1cc(F)cc(Cl)c1N1Cc2cncc(F)c2N1C(N)=O. The van der Waals surface area contributed by atoms with Crippen LogP contribution >= 0.6 is 11.6 Å². The number of nitrogens with zero attached hydrogens (tertiary/aromatic N) is 4. The maximum atomic E-state index is 14.0. The predicted octanol–water partition coefficient (Wildman–Crippen LogP) is 2.71. The molecular weight excluding hydrogens is 328 g/mol. The van der Waals surface area contributed by atoms with E-state index in [1.807, 2.05) is 0 Å². The summed E-state index contributed by atoms with van der Waals surface area (Å²) in [6, 6.07) is 2.79. The lowest BCUT2D eigenvalue weighted by Crippen LogP contribution is -2.46. The number of urea groups is 1. The topological polar surface area (TPSA) is 86.2 Å². The van der Waals surface area contributed by atoms with Crippen LogP contribution in [0.4, 0.5) is 25.0 Å². The maximum Gasteiger partial charge on any atom is 0.338 e. The van der Waals surface area contributed by atoms with Gasteiger partial charge in [-0.3, -0.25) is 9.99 Å². The van der Waals surface area contributed by atoms with Gasteiger partial charge in [-0.05, 0) is 12.1 Å². The molecule has 0 saturated heterocycles. The lowest BCUT2D eigenvalue weighted by atomic mass is 10.1. The van der Waals surface area contributed by atoms with Gasteiger partial charge < -0.3 is 5.73 Å². The molecule has 0 aliphatic carbocycles. The molecule has 1 aromatic carbocycles. The fraction of sp³-hybridized carbons (Fsp3) is 0.0714. The number of hydrogen-bond acceptors (Lipinski definition) is 4. The van der Waals surface area contributed by atoms with Gasteiger partial charge in [-0.25, -0.2) is 13.6 Å². The average molecular weight is 336 g/mol. The Bertz CT molecular complexity index is 867. The molecule has 23 heavy (non-hydrogen) atoms. The molecule has 3 rings (SSSR count). The standard InChI is InChI=1S/C14H8ClF2N5O/c15-10-2-9(16)1-7(3-18)12(10)21-6-8-4-20-5-11(17)13(8)22(21)14(19)23/h1-2,4-5H,6H2,(H2,19,23). The second kappa shape index (κ2) is 5.37. The van der Waals surface area contributed by atoms with Gasteiger partial charge in [0.1, 0.15) is 17.6 Å². The lowest BCUT2D eigenvalue weighted by Gasteiger charge is -2.29. The molecule has 116 valence electrons. The van der Waals surface area contributed by atoms with Crippen molar-refractivity contribution in [1.29, 1.82) is 5.26 Å². The van der Waals surface area contributed by atoms with Crippen LogP contribution in [0.1, 0.15) is 11.1 Å². The number of hydrazine groups is 1. The van der Waals surface area contributed by atoms with Crippen LogP contribution in [0.25, 0.3) is 0 Å². The first-order valence-electron chi connectivity index (χ1n) is 6.32. The van der Waals surface area contributed by atoms with Crippen molar-refractivity contribution in [2.24, 2.45) is 5.73 Å². The number of rotatable bonds is 1. The van der Waals surface area contributed by atoms with E-state index in [1.165, 1.54) is 11.2 Å². The molecule has 2 amide bonds. The minimum absolute atomic E-state index is 0.00304. The van der Waals surface area contributed by atoms with Crippen molar-refractivity contribution >= 4 is 29.0 Å². The number of benzene rings is 1. The normalized spacial score (nSPS) is 13.0. The number of nitriles is 1. The van der Waals surface area contributed by atoms with E-state index >= 15 is 0 Å². The van der Waals surface area contributed by atoms with Gasteiger partial charge in [0, 0.05) is 11.8 Å². The van der Waals surface area contributed by atoms with Crippen molar-refractivity contribution in [1.82, 2.24) is 4.98 Å². The summed E-state index contributed by atoms with van der Waals surface area (Å²) in [5.41, 5.74) is 5.60. The zero-order valence-electron chi connectivity index (χ0n) is 11.4. The van der Waals surface area contributed by atoms with Gasteiger partial charge in [0.05, 0.1) is 29.0 Å². The highest BCUT2D eigenvalue weighted by atomic mass is 35.5. The van der Waals surface area contributed by atoms with Gasteiger partial charge in [-0.1, -0.05) is 11.6 Å². The molecular formula is C14H8ClF2N5O. The molecule has 0 saturated carbocycles. The highest BCUT2D eigenvalue weighted by Gasteiger charge is 2.36. The van der Waals surface area contributed by atoms with E-state index in [1.54, 1.807) is 6.07 Å². The number of aromatic nitrogens is 1. The van der Waals surface area contributed by atoms with Gasteiger partial charge in [0.15, 0.2) is 5.82 Å². The second-order valence-corrected chi connectivity index (χ2v) is 5.14. The summed E-state index contributed by atoms with van der Waals surface area (Å²) in [6.07, 6.45) is 2.31. The van der Waals surface area contributed by atoms with E-state index in [4.69, 9.17) is 17.3 Å². The smallest absolute Gasteiger partial charge is 0.338 e. The van der Waals surface area contributed by atoms with Crippen molar-refractivity contribution in [2.75, 3.05) is 10.0 Å². The number of halogens is 3. The first-order chi connectivity index (χ1) is 10.9. The van der Waals surface area contributed by atoms with Gasteiger partial charge in [0.25, 0.3) is 0 Å². The first-order valence-corrected chi connectivity index (χ1v) is 6.70. The fourth-order valence-corrected chi connectivity index (χ4v) is 2.80. The summed E-state index contributed by atoms with van der Waals surface area (Å²) in [5, 5.41) is 11.2. The summed E-state index contributed by atoms with van der Waals surface area (Å²) in [6.45, 7) is 0.00304. The number of anilines is 2. The van der Waals surface area contributed by atoms with Crippen molar-refractivity contribution in [3.8, 4) is 6.07 Å². The maximum absolute atomic E-state index is 14.0. The van der Waals surface area contributed by atoms with Gasteiger partial charge in [-0.2, -0.15) is 10.3 Å². The molecule has 2 aromatic rings. The molecule has 2 heterocycles. The summed E-state index contributed by atoms with van der Waals surface area (Å²) < 4.78 is 27.5. The van der Waals surface area contributed by atoms with Crippen LogP contribution in [-0.2, 0) is 6.54 Å². The van der Waals surface area contributed by atoms with Crippen LogP contribution in [0.3, 0.4) is 0 Å². The van der Waals surface area contributed by atoms with Gasteiger partial charge >= 0.3 is 6.03 Å². The summed E-state index contributed by atoms with van der Waals surface area (Å²) in [7, 11) is 0. The van der Waals surface area contributed by atoms with Crippen molar-refractivity contribution in [2.45, 2.75) is 6.54 Å². The van der Waals surface area contributed by atoms with E-state index < -0.39 is 17.7 Å². The second-order valence-electron chi connectivity index (χ2n) is 4.73. The Morgan fingerprint density at radius 1 is 1.35 bits per heavy atom. The molecule has 1 aliphatic rings. The minimum Gasteiger partial charge on any atom is -0.350 e. The number of fused-ring (bicyclic) bond motifs is 1. The largest absolute Gasteiger partial charge is 0.350 e. The van der Waals surface area contributed by atoms with Crippen molar-refractivity contribution in [3.05, 3.63) is 52.3 Å². The Labute approximate surface area is 134 Å². The molecule has 0 bridgehead atoms. The quantitative estimate of drug-likeness (QED) is 0.868. The van der Waals surface area contributed by atoms with Crippen LogP contribution in [0.5, 0.6) is 0 Å². The fourth-order valence-electron chi connectivity index (χ4n) is 2.50. The van der Waals surface area contributed by atoms with E-state index in [9.17, 15) is 18.8 Å². The van der Waals surface area contributed by atoms with Crippen LogP contribution in [0.15, 0.2) is 24.5 Å². The third-order valence-electron chi connectivity index (χ3n) is 3.34. The molecule has 6 nitrogen and oxygen atoms in total. The predicted molar refractivity (Wildman–Crippen MR) is 78.6 cm³/mol. The molecule has 0 spiro atoms. The molecule has 1 aromatic heterocycles. The Morgan fingerprint density at radius 3 is 2.74 bits per heavy atom. The molecule has 0 atom stereocenters. The number of carbonyl (C=O) groups is 1. The molecule has 2 N–H and O–H groups in total. The van der Waals surface area contributed by atoms with E-state index in [0.717, 1.165) is 23.3 Å². The highest BCUT2D eigenvalue weighted by Crippen LogP contribution is 2.40. The number of amides is 2. The Hall–Kier alpha value is -2.92. The Balaban J connectivity index is 2.22. The van der Waals surface area contributed by atoms with E-state index in [-0.39, 0.29) is 28.5 Å². The number of primary amides is 1. The van der Waals surface area contributed by atoms with Crippen molar-refractivity contribution in [3.63, 3.8) is 0 Å². The highest BCUT2D eigenvalue weighted by molar-refractivity contribution is 6.33. The molecule has 0 radical (unpaired) electrons. The van der Waals surface area contributed by atoms with E-state index in [2.05, 4.69) is 4.98 Å².